The van der Waals surface area contributed by atoms with Gasteiger partial charge >= 0.3 is 5.97 Å². The highest BCUT2D eigenvalue weighted by molar-refractivity contribution is 5.70. The van der Waals surface area contributed by atoms with E-state index in [2.05, 4.69) is 29.4 Å². The lowest BCUT2D eigenvalue weighted by Crippen LogP contribution is -2.13. The van der Waals surface area contributed by atoms with Crippen LogP contribution in [0.4, 0.5) is 0 Å². The molecular weight excluding hydrogens is 264 g/mol. The second-order valence-corrected chi connectivity index (χ2v) is 6.34. The average Bonchev–Trinajstić information content (AvgIpc) is 3.39. The fourth-order valence-corrected chi connectivity index (χ4v) is 3.19. The molecule has 4 rings (SSSR count). The number of rotatable bonds is 5. The molecule has 2 aliphatic carbocycles. The number of hydrogen-bond donors (Lipinski definition) is 1. The fourth-order valence-electron chi connectivity index (χ4n) is 3.19. The minimum atomic E-state index is -0.712. The van der Waals surface area contributed by atoms with Gasteiger partial charge in [-0.3, -0.25) is 4.79 Å². The van der Waals surface area contributed by atoms with Crippen molar-refractivity contribution in [2.24, 2.45) is 0 Å². The minimum Gasteiger partial charge on any atom is -0.481 e. The number of nitrogens with zero attached hydrogens (tertiary/aromatic N) is 2. The van der Waals surface area contributed by atoms with Gasteiger partial charge in [0.2, 0.25) is 0 Å². The van der Waals surface area contributed by atoms with Crippen LogP contribution in [0.2, 0.25) is 0 Å². The van der Waals surface area contributed by atoms with Crippen LogP contribution in [0.5, 0.6) is 0 Å². The first-order chi connectivity index (χ1) is 10.2. The third-order valence-corrected chi connectivity index (χ3v) is 4.71. The van der Waals surface area contributed by atoms with Crippen LogP contribution in [0.1, 0.15) is 49.3 Å². The van der Waals surface area contributed by atoms with Crippen molar-refractivity contribution in [3.05, 3.63) is 47.8 Å². The Morgan fingerprint density at radius 1 is 1.33 bits per heavy atom. The summed E-state index contributed by atoms with van der Waals surface area (Å²) in [5.41, 5.74) is 3.32. The van der Waals surface area contributed by atoms with Gasteiger partial charge in [-0.15, -0.1) is 0 Å². The Balaban J connectivity index is 1.70. The number of aliphatic carboxylic acids is 1. The number of carbonyl (C=O) groups is 1. The van der Waals surface area contributed by atoms with Gasteiger partial charge < -0.3 is 5.11 Å². The molecule has 4 nitrogen and oxygen atoms in total. The molecular formula is C17H18N2O2. The minimum absolute atomic E-state index is 0.144. The predicted molar refractivity (Wildman–Crippen MR) is 78.7 cm³/mol. The number of aromatic nitrogens is 2. The lowest BCUT2D eigenvalue weighted by atomic mass is 9.92. The first kappa shape index (κ1) is 12.6. The molecule has 1 aromatic heterocycles. The highest BCUT2D eigenvalue weighted by atomic mass is 16.4. The Bertz CT molecular complexity index is 696. The van der Waals surface area contributed by atoms with E-state index in [1.165, 1.54) is 18.5 Å². The van der Waals surface area contributed by atoms with Gasteiger partial charge in [-0.05, 0) is 49.4 Å². The Morgan fingerprint density at radius 3 is 2.81 bits per heavy atom. The summed E-state index contributed by atoms with van der Waals surface area (Å²) < 4.78 is 2.01. The van der Waals surface area contributed by atoms with Crippen molar-refractivity contribution in [2.75, 3.05) is 0 Å². The largest absolute Gasteiger partial charge is 0.481 e. The van der Waals surface area contributed by atoms with Crippen molar-refractivity contribution >= 4 is 5.97 Å². The Labute approximate surface area is 123 Å². The highest BCUT2D eigenvalue weighted by Crippen LogP contribution is 2.51. The van der Waals surface area contributed by atoms with Gasteiger partial charge in [0.05, 0.1) is 12.1 Å². The highest BCUT2D eigenvalue weighted by Gasteiger charge is 2.46. The average molecular weight is 282 g/mol. The van der Waals surface area contributed by atoms with Crippen LogP contribution in [-0.2, 0) is 10.2 Å². The fraction of sp³-hybridized carbons (Fsp3) is 0.412. The molecule has 0 radical (unpaired) electrons. The van der Waals surface area contributed by atoms with E-state index in [0.717, 1.165) is 24.1 Å². The Morgan fingerprint density at radius 2 is 2.14 bits per heavy atom. The maximum Gasteiger partial charge on any atom is 0.304 e. The normalized spacial score (nSPS) is 19.4. The summed E-state index contributed by atoms with van der Waals surface area (Å²) in [4.78, 5) is 11.1. The molecule has 0 unspecified atom stereocenters. The number of hydrogen-bond acceptors (Lipinski definition) is 2. The van der Waals surface area contributed by atoms with E-state index in [9.17, 15) is 4.79 Å². The van der Waals surface area contributed by atoms with Gasteiger partial charge in [0.1, 0.15) is 0 Å². The van der Waals surface area contributed by atoms with E-state index in [4.69, 9.17) is 5.11 Å². The van der Waals surface area contributed by atoms with Crippen molar-refractivity contribution in [3.63, 3.8) is 0 Å². The van der Waals surface area contributed by atoms with Gasteiger partial charge in [0, 0.05) is 23.2 Å². The summed E-state index contributed by atoms with van der Waals surface area (Å²) in [6, 6.07) is 10.3. The molecule has 0 saturated heterocycles. The molecule has 1 aromatic carbocycles. The van der Waals surface area contributed by atoms with Crippen molar-refractivity contribution in [3.8, 4) is 5.69 Å². The molecule has 0 amide bonds. The molecule has 2 saturated carbocycles. The van der Waals surface area contributed by atoms with E-state index in [0.29, 0.717) is 5.92 Å². The van der Waals surface area contributed by atoms with Crippen LogP contribution in [-0.4, -0.2) is 20.9 Å². The first-order valence-corrected chi connectivity index (χ1v) is 7.55. The summed E-state index contributed by atoms with van der Waals surface area (Å²) in [5, 5.41) is 13.6. The molecule has 108 valence electrons. The lowest BCUT2D eigenvalue weighted by Gasteiger charge is -2.15. The molecule has 2 aliphatic rings. The number of carboxylic acids is 1. The van der Waals surface area contributed by atoms with Gasteiger partial charge in [-0.2, -0.15) is 5.10 Å². The molecule has 0 bridgehead atoms. The second kappa shape index (κ2) is 4.45. The lowest BCUT2D eigenvalue weighted by molar-refractivity contribution is -0.137. The van der Waals surface area contributed by atoms with Crippen molar-refractivity contribution < 1.29 is 9.90 Å². The second-order valence-electron chi connectivity index (χ2n) is 6.34. The van der Waals surface area contributed by atoms with Crippen molar-refractivity contribution in [2.45, 2.75) is 43.4 Å². The summed E-state index contributed by atoms with van der Waals surface area (Å²) >= 11 is 0. The van der Waals surface area contributed by atoms with E-state index in [1.807, 2.05) is 16.9 Å². The summed E-state index contributed by atoms with van der Waals surface area (Å²) in [6.07, 6.45) is 6.51. The van der Waals surface area contributed by atoms with Crippen LogP contribution in [0, 0.1) is 0 Å². The van der Waals surface area contributed by atoms with E-state index >= 15 is 0 Å². The zero-order valence-electron chi connectivity index (χ0n) is 11.8. The predicted octanol–water partition coefficient (Wildman–Crippen LogP) is 3.26. The Hall–Kier alpha value is -2.10. The topological polar surface area (TPSA) is 55.1 Å². The monoisotopic (exact) mass is 282 g/mol. The van der Waals surface area contributed by atoms with Gasteiger partial charge in [-0.25, -0.2) is 4.68 Å². The molecule has 21 heavy (non-hydrogen) atoms. The van der Waals surface area contributed by atoms with Gasteiger partial charge in [0.15, 0.2) is 0 Å². The molecule has 2 aromatic rings. The molecule has 0 spiro atoms. The number of carboxylic acid groups (broad SMARTS) is 1. The molecule has 1 N–H and O–H groups in total. The van der Waals surface area contributed by atoms with Crippen LogP contribution in [0.3, 0.4) is 0 Å². The third kappa shape index (κ3) is 2.24. The number of benzene rings is 1. The standard InChI is InChI=1S/C17H18N2O2/c20-16(21)11-17(7-8-17)13-2-1-3-14(10-13)19-15(6-9-18-19)12-4-5-12/h1-3,6,9-10,12H,4-5,7-8,11H2,(H,20,21). The SMILES string of the molecule is O=C(O)CC1(c2cccc(-n3nccc3C3CC3)c2)CC1. The van der Waals surface area contributed by atoms with Gasteiger partial charge in [-0.1, -0.05) is 12.1 Å². The van der Waals surface area contributed by atoms with Crippen LogP contribution in [0.15, 0.2) is 36.5 Å². The molecule has 4 heteroatoms. The first-order valence-electron chi connectivity index (χ1n) is 7.55. The Kier molecular flexibility index (Phi) is 2.67. The summed E-state index contributed by atoms with van der Waals surface area (Å²) in [7, 11) is 0. The maximum absolute atomic E-state index is 11.1. The van der Waals surface area contributed by atoms with Crippen molar-refractivity contribution in [1.29, 1.82) is 0 Å². The van der Waals surface area contributed by atoms with E-state index < -0.39 is 5.97 Å². The van der Waals surface area contributed by atoms with E-state index in [-0.39, 0.29) is 11.8 Å². The zero-order chi connectivity index (χ0) is 14.4. The third-order valence-electron chi connectivity index (χ3n) is 4.71. The van der Waals surface area contributed by atoms with Crippen LogP contribution in [0.25, 0.3) is 5.69 Å². The quantitative estimate of drug-likeness (QED) is 0.915. The summed E-state index contributed by atoms with van der Waals surface area (Å²) in [6.45, 7) is 0. The maximum atomic E-state index is 11.1. The van der Waals surface area contributed by atoms with Crippen LogP contribution >= 0.6 is 0 Å². The smallest absolute Gasteiger partial charge is 0.304 e. The zero-order valence-corrected chi connectivity index (χ0v) is 11.8. The van der Waals surface area contributed by atoms with E-state index in [1.54, 1.807) is 0 Å². The van der Waals surface area contributed by atoms with Crippen molar-refractivity contribution in [1.82, 2.24) is 9.78 Å². The summed E-state index contributed by atoms with van der Waals surface area (Å²) in [5.74, 6) is -0.0688. The van der Waals surface area contributed by atoms with Gasteiger partial charge in [0.25, 0.3) is 0 Å². The molecule has 1 heterocycles. The molecule has 2 fully saturated rings. The molecule has 0 atom stereocenters. The molecule has 0 aliphatic heterocycles. The van der Waals surface area contributed by atoms with Crippen LogP contribution < -0.4 is 0 Å².